The van der Waals surface area contributed by atoms with E-state index in [0.29, 0.717) is 11.5 Å². The van der Waals surface area contributed by atoms with E-state index in [9.17, 15) is 5.11 Å². The minimum Gasteiger partial charge on any atom is -0.393 e. The molecular formula is C19H33NO. The lowest BCUT2D eigenvalue weighted by molar-refractivity contribution is -0.122. The van der Waals surface area contributed by atoms with E-state index in [4.69, 9.17) is 5.73 Å². The van der Waals surface area contributed by atoms with Crippen LogP contribution in [0.1, 0.15) is 71.6 Å². The maximum Gasteiger partial charge on any atom is 0.0596 e. The van der Waals surface area contributed by atoms with E-state index in [1.807, 2.05) is 0 Å². The van der Waals surface area contributed by atoms with Crippen LogP contribution in [0, 0.1) is 34.5 Å². The average molecular weight is 291 g/mol. The highest BCUT2D eigenvalue weighted by molar-refractivity contribution is 5.09. The Morgan fingerprint density at radius 1 is 0.857 bits per heavy atom. The van der Waals surface area contributed by atoms with Crippen molar-refractivity contribution in [2.45, 2.75) is 83.8 Å². The number of rotatable bonds is 0. The molecule has 2 heteroatoms. The monoisotopic (exact) mass is 291 g/mol. The zero-order valence-corrected chi connectivity index (χ0v) is 13.9. The summed E-state index contributed by atoms with van der Waals surface area (Å²) in [5.74, 6) is 3.46. The Kier molecular flexibility index (Phi) is 3.25. The molecule has 4 saturated carbocycles. The minimum atomic E-state index is -0.0336. The van der Waals surface area contributed by atoms with E-state index in [1.54, 1.807) is 0 Å². The predicted octanol–water partition coefficient (Wildman–Crippen LogP) is 3.72. The van der Waals surface area contributed by atoms with Crippen LogP contribution >= 0.6 is 0 Å². The van der Waals surface area contributed by atoms with Gasteiger partial charge < -0.3 is 10.8 Å². The van der Waals surface area contributed by atoms with Crippen LogP contribution in [0.5, 0.6) is 0 Å². The Morgan fingerprint density at radius 3 is 2.38 bits per heavy atom. The molecule has 0 aromatic heterocycles. The summed E-state index contributed by atoms with van der Waals surface area (Å²) in [5, 5.41) is 10.5. The molecule has 0 aliphatic heterocycles. The van der Waals surface area contributed by atoms with E-state index in [2.05, 4.69) is 13.8 Å². The van der Waals surface area contributed by atoms with Crippen LogP contribution in [0.4, 0.5) is 0 Å². The SMILES string of the molecule is C[C@]12CC[C@@H](N)C[C@@H]1CC[C@@H]1[C@H]2CC[C@]2(C)[C@H](O)CC[C@@H]12. The van der Waals surface area contributed by atoms with Crippen molar-refractivity contribution in [2.24, 2.45) is 40.2 Å². The standard InChI is InChI=1S/C19H33NO/c1-18-9-7-13(20)11-12(18)3-4-14-15-5-6-17(21)19(15,2)10-8-16(14)18/h12-17,21H,3-11,20H2,1-2H3/t12-,13+,14-,15-,16+,17+,18-,19-/m0/s1. The second kappa shape index (κ2) is 4.71. The van der Waals surface area contributed by atoms with Crippen molar-refractivity contribution in [3.05, 3.63) is 0 Å². The first-order valence-corrected chi connectivity index (χ1v) is 9.39. The summed E-state index contributed by atoms with van der Waals surface area (Å²) < 4.78 is 0. The third-order valence-electron chi connectivity index (χ3n) is 8.66. The van der Waals surface area contributed by atoms with Crippen molar-refractivity contribution in [1.82, 2.24) is 0 Å². The molecule has 0 heterocycles. The van der Waals surface area contributed by atoms with Gasteiger partial charge >= 0.3 is 0 Å². The zero-order chi connectivity index (χ0) is 14.8. The first kappa shape index (κ1) is 14.5. The lowest BCUT2D eigenvalue weighted by atomic mass is 9.45. The van der Waals surface area contributed by atoms with Gasteiger partial charge in [0.2, 0.25) is 0 Å². The van der Waals surface area contributed by atoms with Gasteiger partial charge in [0.25, 0.3) is 0 Å². The van der Waals surface area contributed by atoms with Gasteiger partial charge in [0, 0.05) is 6.04 Å². The highest BCUT2D eigenvalue weighted by Crippen LogP contribution is 2.66. The van der Waals surface area contributed by atoms with Gasteiger partial charge in [-0.2, -0.15) is 0 Å². The van der Waals surface area contributed by atoms with Crippen molar-refractivity contribution in [1.29, 1.82) is 0 Å². The van der Waals surface area contributed by atoms with Crippen molar-refractivity contribution in [3.63, 3.8) is 0 Å². The topological polar surface area (TPSA) is 46.2 Å². The molecule has 0 spiro atoms. The summed E-state index contributed by atoms with van der Waals surface area (Å²) >= 11 is 0. The number of aliphatic hydroxyl groups is 1. The van der Waals surface area contributed by atoms with Gasteiger partial charge in [-0.05, 0) is 92.3 Å². The minimum absolute atomic E-state index is 0.0336. The molecule has 21 heavy (non-hydrogen) atoms. The van der Waals surface area contributed by atoms with Crippen molar-refractivity contribution in [2.75, 3.05) is 0 Å². The van der Waals surface area contributed by atoms with Crippen LogP contribution < -0.4 is 5.73 Å². The van der Waals surface area contributed by atoms with Crippen LogP contribution in [0.3, 0.4) is 0 Å². The third kappa shape index (κ3) is 1.91. The summed E-state index contributed by atoms with van der Waals surface area (Å²) in [6, 6.07) is 0.460. The molecule has 0 saturated heterocycles. The van der Waals surface area contributed by atoms with Crippen LogP contribution in [-0.4, -0.2) is 17.3 Å². The fourth-order valence-electron chi connectivity index (χ4n) is 7.26. The summed E-state index contributed by atoms with van der Waals surface area (Å²) in [4.78, 5) is 0. The Bertz CT molecular complexity index is 424. The molecule has 0 aromatic carbocycles. The number of hydrogen-bond acceptors (Lipinski definition) is 2. The smallest absolute Gasteiger partial charge is 0.0596 e. The van der Waals surface area contributed by atoms with Gasteiger partial charge in [-0.1, -0.05) is 13.8 Å². The Balaban J connectivity index is 1.62. The number of hydrogen-bond donors (Lipinski definition) is 2. The molecule has 4 fully saturated rings. The molecule has 0 radical (unpaired) electrons. The van der Waals surface area contributed by atoms with E-state index in [1.165, 1.54) is 51.4 Å². The highest BCUT2D eigenvalue weighted by atomic mass is 16.3. The summed E-state index contributed by atoms with van der Waals surface area (Å²) in [6.45, 7) is 4.98. The lowest BCUT2D eigenvalue weighted by Gasteiger charge is -2.60. The molecule has 3 N–H and O–H groups in total. The van der Waals surface area contributed by atoms with Crippen LogP contribution in [0.2, 0.25) is 0 Å². The summed E-state index contributed by atoms with van der Waals surface area (Å²) in [6.07, 6.45) is 11.6. The molecule has 0 aromatic rings. The second-order valence-electron chi connectivity index (χ2n) is 9.33. The molecule has 120 valence electrons. The quantitative estimate of drug-likeness (QED) is 0.714. The van der Waals surface area contributed by atoms with Gasteiger partial charge in [-0.3, -0.25) is 0 Å². The molecule has 4 aliphatic carbocycles. The highest BCUT2D eigenvalue weighted by Gasteiger charge is 2.59. The van der Waals surface area contributed by atoms with Crippen molar-refractivity contribution < 1.29 is 5.11 Å². The fraction of sp³-hybridized carbons (Fsp3) is 1.00. The molecule has 2 nitrogen and oxygen atoms in total. The normalized spacial score (nSPS) is 60.0. The van der Waals surface area contributed by atoms with Gasteiger partial charge in [-0.15, -0.1) is 0 Å². The average Bonchev–Trinajstić information content (AvgIpc) is 2.76. The number of nitrogens with two attached hydrogens (primary N) is 1. The maximum atomic E-state index is 10.5. The Morgan fingerprint density at radius 2 is 1.57 bits per heavy atom. The third-order valence-corrected chi connectivity index (χ3v) is 8.66. The second-order valence-corrected chi connectivity index (χ2v) is 9.33. The first-order chi connectivity index (χ1) is 9.95. The van der Waals surface area contributed by atoms with Crippen molar-refractivity contribution >= 4 is 0 Å². The molecule has 8 atom stereocenters. The Labute approximate surface area is 129 Å². The maximum absolute atomic E-state index is 10.5. The van der Waals surface area contributed by atoms with E-state index < -0.39 is 0 Å². The van der Waals surface area contributed by atoms with Crippen LogP contribution in [-0.2, 0) is 0 Å². The van der Waals surface area contributed by atoms with E-state index in [-0.39, 0.29) is 11.5 Å². The molecular weight excluding hydrogens is 258 g/mol. The van der Waals surface area contributed by atoms with Gasteiger partial charge in [0.15, 0.2) is 0 Å². The summed E-state index contributed by atoms with van der Waals surface area (Å²) in [5.41, 5.74) is 7.04. The van der Waals surface area contributed by atoms with Crippen LogP contribution in [0.25, 0.3) is 0 Å². The molecule has 0 bridgehead atoms. The zero-order valence-electron chi connectivity index (χ0n) is 13.9. The molecule has 0 amide bonds. The summed E-state index contributed by atoms with van der Waals surface area (Å²) in [7, 11) is 0. The van der Waals surface area contributed by atoms with E-state index in [0.717, 1.165) is 30.1 Å². The van der Waals surface area contributed by atoms with Gasteiger partial charge in [-0.25, -0.2) is 0 Å². The van der Waals surface area contributed by atoms with Gasteiger partial charge in [0.05, 0.1) is 6.10 Å². The lowest BCUT2D eigenvalue weighted by Crippen LogP contribution is -2.55. The van der Waals surface area contributed by atoms with Gasteiger partial charge in [0.1, 0.15) is 0 Å². The number of aliphatic hydroxyl groups excluding tert-OH is 1. The van der Waals surface area contributed by atoms with Crippen LogP contribution in [0.15, 0.2) is 0 Å². The van der Waals surface area contributed by atoms with E-state index >= 15 is 0 Å². The molecule has 4 rings (SSSR count). The van der Waals surface area contributed by atoms with Crippen molar-refractivity contribution in [3.8, 4) is 0 Å². The predicted molar refractivity (Wildman–Crippen MR) is 85.7 cm³/mol. The largest absolute Gasteiger partial charge is 0.393 e. The first-order valence-electron chi connectivity index (χ1n) is 9.39. The Hall–Kier alpha value is -0.0800. The molecule has 0 unspecified atom stereocenters. The number of fused-ring (bicyclic) bond motifs is 5. The fourth-order valence-corrected chi connectivity index (χ4v) is 7.26. The molecule has 4 aliphatic rings.